The molecule has 17 nitrogen and oxygen atoms in total. The third-order valence-corrected chi connectivity index (χ3v) is 21.1. The number of carbonyl (C=O) groups excluding carboxylic acids is 4. The third kappa shape index (κ3) is 68.3. The van der Waals surface area contributed by atoms with Crippen molar-refractivity contribution < 1.29 is 80.2 Å². The van der Waals surface area contributed by atoms with Crippen molar-refractivity contribution in [3.05, 3.63) is 0 Å². The summed E-state index contributed by atoms with van der Waals surface area (Å²) < 4.78 is 68.6. The van der Waals surface area contributed by atoms with Crippen molar-refractivity contribution in [2.45, 2.75) is 414 Å². The number of phosphoric acid groups is 2. The minimum atomic E-state index is -4.96. The van der Waals surface area contributed by atoms with Crippen molar-refractivity contribution in [3.63, 3.8) is 0 Å². The number of hydrogen-bond donors (Lipinski definition) is 3. The van der Waals surface area contributed by atoms with Gasteiger partial charge < -0.3 is 33.8 Å². The third-order valence-electron chi connectivity index (χ3n) is 19.2. The summed E-state index contributed by atoms with van der Waals surface area (Å²) in [6, 6.07) is 0. The van der Waals surface area contributed by atoms with Gasteiger partial charge in [-0.2, -0.15) is 0 Å². The lowest BCUT2D eigenvalue weighted by molar-refractivity contribution is -0.161. The number of esters is 4. The normalized spacial score (nSPS) is 14.9. The van der Waals surface area contributed by atoms with E-state index in [9.17, 15) is 43.2 Å². The molecule has 0 aliphatic rings. The molecular formula is C78H152O17P2. The Balaban J connectivity index is 5.26. The van der Waals surface area contributed by atoms with Crippen LogP contribution in [0.2, 0.25) is 0 Å². The topological polar surface area (TPSA) is 237 Å². The summed E-state index contributed by atoms with van der Waals surface area (Å²) in [5.41, 5.74) is 0. The van der Waals surface area contributed by atoms with Gasteiger partial charge in [0.1, 0.15) is 19.3 Å². The first-order valence-corrected chi connectivity index (χ1v) is 43.3. The second kappa shape index (κ2) is 67.2. The van der Waals surface area contributed by atoms with Gasteiger partial charge in [-0.25, -0.2) is 9.13 Å². The summed E-state index contributed by atoms with van der Waals surface area (Å²) in [6.45, 7) is 14.3. The zero-order valence-electron chi connectivity index (χ0n) is 63.7. The summed E-state index contributed by atoms with van der Waals surface area (Å²) in [7, 11) is -9.92. The minimum absolute atomic E-state index is 0.105. The summed E-state index contributed by atoms with van der Waals surface area (Å²) in [5, 5.41) is 10.6. The summed E-state index contributed by atoms with van der Waals surface area (Å²) in [6.07, 6.45) is 52.6. The maximum atomic E-state index is 13.1. The molecule has 0 amide bonds. The number of rotatable bonds is 75. The van der Waals surface area contributed by atoms with E-state index in [1.807, 2.05) is 0 Å². The van der Waals surface area contributed by atoms with Crippen LogP contribution in [0, 0.1) is 23.7 Å². The summed E-state index contributed by atoms with van der Waals surface area (Å²) in [5.74, 6) is 1.04. The van der Waals surface area contributed by atoms with Crippen LogP contribution in [0.1, 0.15) is 396 Å². The van der Waals surface area contributed by atoms with Crippen LogP contribution in [-0.4, -0.2) is 96.7 Å². The van der Waals surface area contributed by atoms with Gasteiger partial charge in [-0.3, -0.25) is 37.3 Å². The number of carbonyl (C=O) groups is 4. The number of hydrogen-bond acceptors (Lipinski definition) is 15. The molecule has 576 valence electrons. The zero-order chi connectivity index (χ0) is 71.7. The Morgan fingerprint density at radius 2 is 0.495 bits per heavy atom. The van der Waals surface area contributed by atoms with Crippen LogP contribution >= 0.6 is 15.6 Å². The minimum Gasteiger partial charge on any atom is -0.462 e. The van der Waals surface area contributed by atoms with Crippen molar-refractivity contribution in [1.29, 1.82) is 0 Å². The van der Waals surface area contributed by atoms with Crippen LogP contribution in [0.15, 0.2) is 0 Å². The monoisotopic (exact) mass is 1420 g/mol. The average Bonchev–Trinajstić information content (AvgIpc) is 1.28. The SMILES string of the molecule is CCC(C)CCCCCCCCCCCCCCCCC(=O)OC[C@H](COP(=O)(O)OC[C@@H](O)COP(=O)(O)OC[C@@H](COC(=O)CCCCCCCCC(C)CC)OC(=O)CCCCCCCCCCCCC(C)CC)OC(=O)CCCCCCCCCCCCCCC(C)C. The molecule has 0 aliphatic carbocycles. The first-order valence-electron chi connectivity index (χ1n) is 40.3. The van der Waals surface area contributed by atoms with Crippen molar-refractivity contribution in [3.8, 4) is 0 Å². The highest BCUT2D eigenvalue weighted by Crippen LogP contribution is 2.45. The van der Waals surface area contributed by atoms with Crippen LogP contribution in [-0.2, 0) is 65.4 Å². The van der Waals surface area contributed by atoms with Crippen molar-refractivity contribution >= 4 is 39.5 Å². The Kier molecular flexibility index (Phi) is 65.9. The molecule has 5 unspecified atom stereocenters. The fourth-order valence-corrected chi connectivity index (χ4v) is 13.4. The fourth-order valence-electron chi connectivity index (χ4n) is 11.8. The van der Waals surface area contributed by atoms with Gasteiger partial charge in [0.25, 0.3) is 0 Å². The average molecular weight is 1420 g/mol. The molecular weight excluding hydrogens is 1270 g/mol. The highest BCUT2D eigenvalue weighted by Gasteiger charge is 2.30. The molecule has 0 radical (unpaired) electrons. The number of aliphatic hydroxyl groups excluding tert-OH is 1. The zero-order valence-corrected chi connectivity index (χ0v) is 65.5. The molecule has 0 fully saturated rings. The maximum Gasteiger partial charge on any atom is 0.472 e. The highest BCUT2D eigenvalue weighted by atomic mass is 31.2. The predicted octanol–water partition coefficient (Wildman–Crippen LogP) is 22.8. The summed E-state index contributed by atoms with van der Waals surface area (Å²) in [4.78, 5) is 72.9. The standard InChI is InChI=1S/C78H152O17P2/c1-9-69(6)55-47-39-31-25-19-14-12-13-15-20-27-33-42-50-58-75(80)88-64-73(94-77(82)60-52-44-34-28-21-17-16-18-24-30-38-46-54-68(4)5)66-92-96(84,85)90-62-72(79)63-91-97(86,87)93-67-74(65-89-76(81)59-51-43-37-36-41-49-57-71(8)11-3)95-78(83)61-53-45-35-29-23-22-26-32-40-48-56-70(7)10-2/h68-74,79H,9-67H2,1-8H3,(H,84,85)(H,86,87)/t69?,70?,71?,72-,73-,74-/m1/s1. The van der Waals surface area contributed by atoms with Crippen molar-refractivity contribution in [1.82, 2.24) is 0 Å². The maximum absolute atomic E-state index is 13.1. The van der Waals surface area contributed by atoms with E-state index in [2.05, 4.69) is 55.4 Å². The van der Waals surface area contributed by atoms with E-state index in [1.54, 1.807) is 0 Å². The van der Waals surface area contributed by atoms with E-state index in [0.29, 0.717) is 25.7 Å². The molecule has 0 saturated heterocycles. The lowest BCUT2D eigenvalue weighted by atomic mass is 9.99. The van der Waals surface area contributed by atoms with Gasteiger partial charge >= 0.3 is 39.5 Å². The van der Waals surface area contributed by atoms with E-state index in [4.69, 9.17) is 37.0 Å². The number of aliphatic hydroxyl groups is 1. The molecule has 8 atom stereocenters. The molecule has 0 aromatic carbocycles. The molecule has 0 saturated carbocycles. The molecule has 0 heterocycles. The molecule has 0 aliphatic heterocycles. The van der Waals surface area contributed by atoms with E-state index >= 15 is 0 Å². The lowest BCUT2D eigenvalue weighted by Crippen LogP contribution is -2.30. The van der Waals surface area contributed by atoms with Gasteiger partial charge in [0, 0.05) is 25.7 Å². The lowest BCUT2D eigenvalue weighted by Gasteiger charge is -2.21. The first kappa shape index (κ1) is 95.1. The van der Waals surface area contributed by atoms with Crippen LogP contribution in [0.3, 0.4) is 0 Å². The highest BCUT2D eigenvalue weighted by molar-refractivity contribution is 7.47. The second-order valence-electron chi connectivity index (χ2n) is 29.3. The van der Waals surface area contributed by atoms with Gasteiger partial charge in [-0.15, -0.1) is 0 Å². The van der Waals surface area contributed by atoms with E-state index < -0.39 is 97.5 Å². The first-order chi connectivity index (χ1) is 46.7. The Morgan fingerprint density at radius 1 is 0.289 bits per heavy atom. The molecule has 0 spiro atoms. The van der Waals surface area contributed by atoms with Gasteiger partial charge in [0.2, 0.25) is 0 Å². The van der Waals surface area contributed by atoms with Crippen LogP contribution in [0.25, 0.3) is 0 Å². The van der Waals surface area contributed by atoms with E-state index in [1.165, 1.54) is 193 Å². The van der Waals surface area contributed by atoms with Crippen LogP contribution in [0.4, 0.5) is 0 Å². The van der Waals surface area contributed by atoms with E-state index in [0.717, 1.165) is 120 Å². The quantitative estimate of drug-likeness (QED) is 0.0222. The summed E-state index contributed by atoms with van der Waals surface area (Å²) >= 11 is 0. The number of unbranched alkanes of at least 4 members (excludes halogenated alkanes) is 38. The van der Waals surface area contributed by atoms with Crippen molar-refractivity contribution in [2.75, 3.05) is 39.6 Å². The molecule has 19 heteroatoms. The Labute approximate surface area is 594 Å². The molecule has 97 heavy (non-hydrogen) atoms. The van der Waals surface area contributed by atoms with E-state index in [-0.39, 0.29) is 25.7 Å². The Morgan fingerprint density at radius 3 is 0.732 bits per heavy atom. The Bertz CT molecular complexity index is 1910. The van der Waals surface area contributed by atoms with Gasteiger partial charge in [-0.05, 0) is 49.4 Å². The molecule has 0 aromatic heterocycles. The van der Waals surface area contributed by atoms with Crippen molar-refractivity contribution in [2.24, 2.45) is 23.7 Å². The fraction of sp³-hybridized carbons (Fsp3) is 0.949. The van der Waals surface area contributed by atoms with Gasteiger partial charge in [-0.1, -0.05) is 344 Å². The number of ether oxygens (including phenoxy) is 4. The second-order valence-corrected chi connectivity index (χ2v) is 32.2. The smallest absolute Gasteiger partial charge is 0.462 e. The molecule has 3 N–H and O–H groups in total. The molecule has 0 aromatic rings. The largest absolute Gasteiger partial charge is 0.472 e. The van der Waals surface area contributed by atoms with Crippen LogP contribution < -0.4 is 0 Å². The van der Waals surface area contributed by atoms with Gasteiger partial charge in [0.15, 0.2) is 12.2 Å². The van der Waals surface area contributed by atoms with Crippen LogP contribution in [0.5, 0.6) is 0 Å². The molecule has 0 rings (SSSR count). The predicted molar refractivity (Wildman–Crippen MR) is 395 cm³/mol. The molecule has 0 bridgehead atoms. The Hall–Kier alpha value is -1.94. The van der Waals surface area contributed by atoms with Gasteiger partial charge in [0.05, 0.1) is 26.4 Å². The number of phosphoric ester groups is 2.